The molecule has 26 heavy (non-hydrogen) atoms. The van der Waals surface area contributed by atoms with Crippen LogP contribution in [0.25, 0.3) is 20.7 Å². The molecule has 0 unspecified atom stereocenters. The van der Waals surface area contributed by atoms with Crippen molar-refractivity contribution in [2.24, 2.45) is 0 Å². The summed E-state index contributed by atoms with van der Waals surface area (Å²) in [4.78, 5) is 33.8. The third kappa shape index (κ3) is 4.36. The van der Waals surface area contributed by atoms with Gasteiger partial charge in [-0.25, -0.2) is 4.98 Å². The minimum atomic E-state index is -0.116. The largest absolute Gasteiger partial charge is 0.355 e. The summed E-state index contributed by atoms with van der Waals surface area (Å²) in [6.07, 6.45) is 2.05. The maximum atomic E-state index is 12.6. The Kier molecular flexibility index (Phi) is 6.50. The number of hydrogen-bond donors (Lipinski definition) is 2. The van der Waals surface area contributed by atoms with Gasteiger partial charge in [-0.1, -0.05) is 19.4 Å². The van der Waals surface area contributed by atoms with Crippen LogP contribution >= 0.6 is 34.4 Å². The Balaban J connectivity index is 1.73. The van der Waals surface area contributed by atoms with Crippen LogP contribution in [-0.2, 0) is 4.79 Å². The van der Waals surface area contributed by atoms with E-state index in [0.717, 1.165) is 28.1 Å². The fourth-order valence-electron chi connectivity index (χ4n) is 2.51. The normalized spacial score (nSPS) is 12.4. The Morgan fingerprint density at radius 3 is 3.00 bits per heavy atom. The molecule has 3 aromatic rings. The molecular weight excluding hydrogens is 386 g/mol. The first-order chi connectivity index (χ1) is 12.6. The summed E-state index contributed by atoms with van der Waals surface area (Å²) in [6.45, 7) is 4.77. The molecule has 0 aliphatic carbocycles. The molecule has 0 aromatic carbocycles. The average Bonchev–Trinajstić information content (AvgIpc) is 3.29. The molecule has 138 valence electrons. The van der Waals surface area contributed by atoms with E-state index >= 15 is 0 Å². The van der Waals surface area contributed by atoms with Gasteiger partial charge in [0, 0.05) is 22.4 Å². The topological polar surface area (TPSA) is 74.8 Å². The summed E-state index contributed by atoms with van der Waals surface area (Å²) in [5.41, 5.74) is 0.824. The predicted molar refractivity (Wildman–Crippen MR) is 112 cm³/mol. The Morgan fingerprint density at radius 1 is 1.42 bits per heavy atom. The van der Waals surface area contributed by atoms with E-state index in [2.05, 4.69) is 22.2 Å². The number of fused-ring (bicyclic) bond motifs is 1. The van der Waals surface area contributed by atoms with Crippen molar-refractivity contribution in [2.45, 2.75) is 31.9 Å². The second kappa shape index (κ2) is 8.83. The highest BCUT2D eigenvalue weighted by atomic mass is 32.2. The lowest BCUT2D eigenvalue weighted by Gasteiger charge is -2.11. The highest BCUT2D eigenvalue weighted by molar-refractivity contribution is 8.00. The Bertz CT molecular complexity index is 931. The van der Waals surface area contributed by atoms with Crippen molar-refractivity contribution in [3.05, 3.63) is 39.1 Å². The van der Waals surface area contributed by atoms with Crippen LogP contribution in [0.4, 0.5) is 0 Å². The van der Waals surface area contributed by atoms with Gasteiger partial charge >= 0.3 is 0 Å². The molecule has 0 fully saturated rings. The SMILES string of the molecule is CCCCNC(=O)CS[C@@H](C)c1nc2scc(-c3cccs3)c2c(=O)[nH]1. The van der Waals surface area contributed by atoms with E-state index in [1.807, 2.05) is 29.8 Å². The standard InChI is InChI=1S/C18H21N3O2S3/c1-3-4-7-19-14(22)10-25-11(2)16-20-17(23)15-12(9-26-18(15)21-16)13-6-5-8-24-13/h5-6,8-9,11H,3-4,7,10H2,1-2H3,(H,19,22)(H,20,21,23)/t11-/m0/s1. The van der Waals surface area contributed by atoms with Crippen LogP contribution < -0.4 is 10.9 Å². The molecule has 0 bridgehead atoms. The van der Waals surface area contributed by atoms with Gasteiger partial charge in [0.1, 0.15) is 10.7 Å². The number of carbonyl (C=O) groups excluding carboxylic acids is 1. The van der Waals surface area contributed by atoms with Crippen LogP contribution in [0.5, 0.6) is 0 Å². The highest BCUT2D eigenvalue weighted by Gasteiger charge is 2.17. The number of thiophene rings is 2. The molecule has 1 atom stereocenters. The van der Waals surface area contributed by atoms with Crippen molar-refractivity contribution in [3.8, 4) is 10.4 Å². The van der Waals surface area contributed by atoms with Gasteiger partial charge in [0.2, 0.25) is 5.91 Å². The number of aromatic nitrogens is 2. The zero-order valence-electron chi connectivity index (χ0n) is 14.7. The second-order valence-corrected chi connectivity index (χ2v) is 9.05. The average molecular weight is 408 g/mol. The van der Waals surface area contributed by atoms with Gasteiger partial charge in [-0.05, 0) is 24.8 Å². The lowest BCUT2D eigenvalue weighted by atomic mass is 10.2. The molecule has 3 rings (SSSR count). The molecule has 0 aliphatic heterocycles. The van der Waals surface area contributed by atoms with Gasteiger partial charge in [-0.2, -0.15) is 0 Å². The molecule has 0 aliphatic rings. The van der Waals surface area contributed by atoms with Gasteiger partial charge in [0.05, 0.1) is 16.4 Å². The number of unbranched alkanes of at least 4 members (excludes halogenated alkanes) is 1. The number of aromatic amines is 1. The summed E-state index contributed by atoms with van der Waals surface area (Å²) in [7, 11) is 0. The van der Waals surface area contributed by atoms with Crippen LogP contribution in [0.15, 0.2) is 27.7 Å². The number of H-pyrrole nitrogens is 1. The molecule has 5 nitrogen and oxygen atoms in total. The molecule has 1 amide bonds. The Morgan fingerprint density at radius 2 is 2.27 bits per heavy atom. The van der Waals surface area contributed by atoms with Crippen molar-refractivity contribution >= 4 is 50.6 Å². The summed E-state index contributed by atoms with van der Waals surface area (Å²) in [6, 6.07) is 3.99. The molecule has 3 aromatic heterocycles. The van der Waals surface area contributed by atoms with E-state index in [1.165, 1.54) is 23.1 Å². The quantitative estimate of drug-likeness (QED) is 0.542. The second-order valence-electron chi connectivity index (χ2n) is 5.91. The van der Waals surface area contributed by atoms with Crippen molar-refractivity contribution in [2.75, 3.05) is 12.3 Å². The number of hydrogen-bond acceptors (Lipinski definition) is 6. The summed E-state index contributed by atoms with van der Waals surface area (Å²) >= 11 is 4.57. The minimum Gasteiger partial charge on any atom is -0.355 e. The number of nitrogens with zero attached hydrogens (tertiary/aromatic N) is 1. The van der Waals surface area contributed by atoms with Gasteiger partial charge in [0.25, 0.3) is 5.56 Å². The van der Waals surface area contributed by atoms with E-state index < -0.39 is 0 Å². The van der Waals surface area contributed by atoms with E-state index in [1.54, 1.807) is 11.3 Å². The molecule has 0 saturated carbocycles. The van der Waals surface area contributed by atoms with Crippen LogP contribution in [-0.4, -0.2) is 28.2 Å². The fraction of sp³-hybridized carbons (Fsp3) is 0.389. The summed E-state index contributed by atoms with van der Waals surface area (Å²) in [5, 5.41) is 7.48. The van der Waals surface area contributed by atoms with Crippen LogP contribution in [0.3, 0.4) is 0 Å². The van der Waals surface area contributed by atoms with Gasteiger partial charge in [-0.3, -0.25) is 9.59 Å². The predicted octanol–water partition coefficient (Wildman–Crippen LogP) is 4.42. The van der Waals surface area contributed by atoms with Gasteiger partial charge in [-0.15, -0.1) is 34.4 Å². The lowest BCUT2D eigenvalue weighted by Crippen LogP contribution is -2.26. The minimum absolute atomic E-state index is 0.0230. The fourth-order valence-corrected chi connectivity index (χ4v) is 5.05. The summed E-state index contributed by atoms with van der Waals surface area (Å²) in [5.74, 6) is 1.00. The van der Waals surface area contributed by atoms with E-state index in [4.69, 9.17) is 0 Å². The zero-order valence-corrected chi connectivity index (χ0v) is 17.2. The van der Waals surface area contributed by atoms with E-state index in [9.17, 15) is 9.59 Å². The smallest absolute Gasteiger partial charge is 0.260 e. The Labute approximate surface area is 164 Å². The van der Waals surface area contributed by atoms with Crippen molar-refractivity contribution in [3.63, 3.8) is 0 Å². The number of carbonyl (C=O) groups is 1. The van der Waals surface area contributed by atoms with E-state index in [0.29, 0.717) is 23.5 Å². The van der Waals surface area contributed by atoms with Crippen LogP contribution in [0, 0.1) is 0 Å². The maximum absolute atomic E-state index is 12.6. The van der Waals surface area contributed by atoms with E-state index in [-0.39, 0.29) is 16.7 Å². The van der Waals surface area contributed by atoms with Crippen molar-refractivity contribution < 1.29 is 4.79 Å². The number of nitrogens with one attached hydrogen (secondary N) is 2. The number of amides is 1. The molecule has 0 radical (unpaired) electrons. The van der Waals surface area contributed by atoms with Crippen molar-refractivity contribution in [1.82, 2.24) is 15.3 Å². The first-order valence-electron chi connectivity index (χ1n) is 8.53. The van der Waals surface area contributed by atoms with Crippen LogP contribution in [0.2, 0.25) is 0 Å². The van der Waals surface area contributed by atoms with Gasteiger partial charge < -0.3 is 10.3 Å². The molecule has 3 heterocycles. The van der Waals surface area contributed by atoms with Crippen LogP contribution in [0.1, 0.15) is 37.8 Å². The first kappa shape index (κ1) is 19.1. The molecule has 0 spiro atoms. The summed E-state index contributed by atoms with van der Waals surface area (Å²) < 4.78 is 0. The molecule has 0 saturated heterocycles. The molecule has 8 heteroatoms. The monoisotopic (exact) mass is 407 g/mol. The third-order valence-electron chi connectivity index (χ3n) is 3.95. The molecular formula is C18H21N3O2S3. The number of thioether (sulfide) groups is 1. The van der Waals surface area contributed by atoms with Gasteiger partial charge in [0.15, 0.2) is 0 Å². The Hall–Kier alpha value is -1.64. The molecule has 2 N–H and O–H groups in total. The zero-order chi connectivity index (χ0) is 18.5. The highest BCUT2D eigenvalue weighted by Crippen LogP contribution is 2.34. The maximum Gasteiger partial charge on any atom is 0.260 e. The lowest BCUT2D eigenvalue weighted by molar-refractivity contribution is -0.118. The third-order valence-corrected chi connectivity index (χ3v) is 6.88. The number of rotatable bonds is 8. The van der Waals surface area contributed by atoms with Crippen molar-refractivity contribution in [1.29, 1.82) is 0 Å². The first-order valence-corrected chi connectivity index (χ1v) is 11.3.